The summed E-state index contributed by atoms with van der Waals surface area (Å²) >= 11 is 0. The fourth-order valence-corrected chi connectivity index (χ4v) is 2.57. The van der Waals surface area contributed by atoms with Gasteiger partial charge in [-0.3, -0.25) is 0 Å². The van der Waals surface area contributed by atoms with Gasteiger partial charge in [0.05, 0.1) is 27.9 Å². The number of guanidine groups is 1. The number of hydrogen-bond donors (Lipinski definition) is 2. The quantitative estimate of drug-likeness (QED) is 0.583. The maximum absolute atomic E-state index is 6.03. The Kier molecular flexibility index (Phi) is 6.72. The summed E-state index contributed by atoms with van der Waals surface area (Å²) in [5, 5.41) is 3.13. The van der Waals surface area contributed by atoms with Crippen molar-refractivity contribution in [3.8, 4) is 17.2 Å². The van der Waals surface area contributed by atoms with Crippen molar-refractivity contribution in [1.82, 2.24) is 0 Å². The van der Waals surface area contributed by atoms with Gasteiger partial charge >= 0.3 is 0 Å². The molecule has 140 valence electrons. The molecule has 0 aromatic heterocycles. The second kappa shape index (κ2) is 8.99. The van der Waals surface area contributed by atoms with Gasteiger partial charge in [-0.2, -0.15) is 0 Å². The zero-order valence-corrected chi connectivity index (χ0v) is 16.0. The molecule has 0 radical (unpaired) electrons. The molecule has 0 aliphatic rings. The molecule has 0 atom stereocenters. The monoisotopic (exact) mass is 357 g/mol. The molecular weight excluding hydrogens is 330 g/mol. The number of ether oxygens (including phenoxy) is 3. The Bertz CT molecular complexity index is 748. The van der Waals surface area contributed by atoms with Crippen molar-refractivity contribution in [3.05, 3.63) is 47.5 Å². The van der Waals surface area contributed by atoms with Gasteiger partial charge in [-0.05, 0) is 41.3 Å². The van der Waals surface area contributed by atoms with Crippen LogP contribution >= 0.6 is 0 Å². The van der Waals surface area contributed by atoms with Crippen molar-refractivity contribution in [2.45, 2.75) is 26.3 Å². The van der Waals surface area contributed by atoms with Crippen LogP contribution in [0.4, 0.5) is 5.69 Å². The van der Waals surface area contributed by atoms with Crippen LogP contribution in [-0.2, 0) is 6.54 Å². The average molecular weight is 357 g/mol. The third kappa shape index (κ3) is 4.81. The molecule has 0 saturated heterocycles. The molecule has 0 bridgehead atoms. The highest BCUT2D eigenvalue weighted by Gasteiger charge is 2.13. The summed E-state index contributed by atoms with van der Waals surface area (Å²) in [5.74, 6) is 2.54. The van der Waals surface area contributed by atoms with Crippen LogP contribution in [0.25, 0.3) is 0 Å². The molecule has 2 rings (SSSR count). The van der Waals surface area contributed by atoms with Crippen LogP contribution in [0, 0.1) is 0 Å². The van der Waals surface area contributed by atoms with E-state index in [1.807, 2.05) is 24.3 Å². The third-order valence-corrected chi connectivity index (χ3v) is 3.98. The maximum atomic E-state index is 6.03. The van der Waals surface area contributed by atoms with Gasteiger partial charge in [-0.25, -0.2) is 4.99 Å². The number of nitrogens with two attached hydrogens (primary N) is 1. The molecule has 0 heterocycles. The number of rotatable bonds is 7. The van der Waals surface area contributed by atoms with Crippen molar-refractivity contribution in [1.29, 1.82) is 0 Å². The van der Waals surface area contributed by atoms with E-state index in [9.17, 15) is 0 Å². The second-order valence-corrected chi connectivity index (χ2v) is 6.14. The average Bonchev–Trinajstić information content (AvgIpc) is 2.65. The summed E-state index contributed by atoms with van der Waals surface area (Å²) in [6.07, 6.45) is 0. The molecule has 0 spiro atoms. The summed E-state index contributed by atoms with van der Waals surface area (Å²) in [5.41, 5.74) is 9.09. The molecule has 0 amide bonds. The van der Waals surface area contributed by atoms with Crippen LogP contribution < -0.4 is 25.3 Å². The fourth-order valence-electron chi connectivity index (χ4n) is 2.57. The van der Waals surface area contributed by atoms with Gasteiger partial charge < -0.3 is 25.3 Å². The van der Waals surface area contributed by atoms with E-state index in [2.05, 4.69) is 36.3 Å². The Morgan fingerprint density at radius 2 is 1.69 bits per heavy atom. The summed E-state index contributed by atoms with van der Waals surface area (Å²) in [7, 11) is 4.75. The molecule has 6 nitrogen and oxygen atoms in total. The Morgan fingerprint density at radius 3 is 2.23 bits per heavy atom. The highest BCUT2D eigenvalue weighted by atomic mass is 16.5. The summed E-state index contributed by atoms with van der Waals surface area (Å²) in [6.45, 7) is 4.70. The van der Waals surface area contributed by atoms with E-state index in [4.69, 9.17) is 19.9 Å². The molecule has 0 aliphatic carbocycles. The number of nitrogens with one attached hydrogen (secondary N) is 1. The van der Waals surface area contributed by atoms with E-state index in [1.165, 1.54) is 5.56 Å². The lowest BCUT2D eigenvalue weighted by atomic mass is 10.0. The predicted molar refractivity (Wildman–Crippen MR) is 106 cm³/mol. The molecule has 0 unspecified atom stereocenters. The van der Waals surface area contributed by atoms with Gasteiger partial charge in [0, 0.05) is 5.69 Å². The van der Waals surface area contributed by atoms with E-state index in [-0.39, 0.29) is 0 Å². The molecule has 2 aromatic carbocycles. The van der Waals surface area contributed by atoms with Gasteiger partial charge in [0.25, 0.3) is 0 Å². The van der Waals surface area contributed by atoms with E-state index in [0.29, 0.717) is 35.7 Å². The van der Waals surface area contributed by atoms with Gasteiger partial charge in [0.2, 0.25) is 5.75 Å². The molecule has 6 heteroatoms. The zero-order valence-electron chi connectivity index (χ0n) is 16.0. The van der Waals surface area contributed by atoms with Crippen LogP contribution in [0.15, 0.2) is 41.4 Å². The van der Waals surface area contributed by atoms with E-state index < -0.39 is 0 Å². The van der Waals surface area contributed by atoms with Crippen molar-refractivity contribution < 1.29 is 14.2 Å². The number of hydrogen-bond acceptors (Lipinski definition) is 4. The minimum absolute atomic E-state index is 0.347. The van der Waals surface area contributed by atoms with Crippen LogP contribution in [0.1, 0.15) is 30.9 Å². The van der Waals surface area contributed by atoms with E-state index in [0.717, 1.165) is 11.3 Å². The number of nitrogens with zero attached hydrogens (tertiary/aromatic N) is 1. The maximum Gasteiger partial charge on any atom is 0.203 e. The Balaban J connectivity index is 2.14. The van der Waals surface area contributed by atoms with Crippen molar-refractivity contribution >= 4 is 11.6 Å². The summed E-state index contributed by atoms with van der Waals surface area (Å²) in [4.78, 5) is 4.40. The SMILES string of the molecule is COc1cc(CN=C(N)Nc2cccc(C(C)C)c2)cc(OC)c1OC. The predicted octanol–water partition coefficient (Wildman–Crippen LogP) is 3.76. The van der Waals surface area contributed by atoms with Crippen molar-refractivity contribution in [3.63, 3.8) is 0 Å². The topological polar surface area (TPSA) is 78.1 Å². The Morgan fingerprint density at radius 1 is 1.04 bits per heavy atom. The third-order valence-electron chi connectivity index (χ3n) is 3.98. The van der Waals surface area contributed by atoms with Gasteiger partial charge in [0.15, 0.2) is 17.5 Å². The van der Waals surface area contributed by atoms with Gasteiger partial charge in [0.1, 0.15) is 0 Å². The Labute approximate surface area is 155 Å². The molecule has 0 saturated carbocycles. The number of methoxy groups -OCH3 is 3. The number of aliphatic imine (C=N–C) groups is 1. The zero-order chi connectivity index (χ0) is 19.1. The first-order valence-electron chi connectivity index (χ1n) is 8.44. The van der Waals surface area contributed by atoms with E-state index in [1.54, 1.807) is 21.3 Å². The summed E-state index contributed by atoms with van der Waals surface area (Å²) < 4.78 is 16.0. The smallest absolute Gasteiger partial charge is 0.203 e. The second-order valence-electron chi connectivity index (χ2n) is 6.14. The molecule has 3 N–H and O–H groups in total. The first-order valence-corrected chi connectivity index (χ1v) is 8.44. The molecule has 2 aromatic rings. The highest BCUT2D eigenvalue weighted by molar-refractivity contribution is 5.92. The number of benzene rings is 2. The van der Waals surface area contributed by atoms with Gasteiger partial charge in [-0.1, -0.05) is 26.0 Å². The Hall–Kier alpha value is -2.89. The lowest BCUT2D eigenvalue weighted by Gasteiger charge is -2.13. The van der Waals surface area contributed by atoms with Crippen LogP contribution in [-0.4, -0.2) is 27.3 Å². The standard InChI is InChI=1S/C20H27N3O3/c1-13(2)15-7-6-8-16(11-15)23-20(21)22-12-14-9-17(24-3)19(26-5)18(10-14)25-4/h6-11,13H,12H2,1-5H3,(H3,21,22,23). The number of anilines is 1. The minimum atomic E-state index is 0.347. The minimum Gasteiger partial charge on any atom is -0.493 e. The first kappa shape index (κ1) is 19.4. The lowest BCUT2D eigenvalue weighted by molar-refractivity contribution is 0.324. The van der Waals surface area contributed by atoms with Crippen LogP contribution in [0.2, 0.25) is 0 Å². The van der Waals surface area contributed by atoms with Crippen LogP contribution in [0.3, 0.4) is 0 Å². The van der Waals surface area contributed by atoms with Gasteiger partial charge in [-0.15, -0.1) is 0 Å². The first-order chi connectivity index (χ1) is 12.5. The van der Waals surface area contributed by atoms with E-state index >= 15 is 0 Å². The largest absolute Gasteiger partial charge is 0.493 e. The lowest BCUT2D eigenvalue weighted by Crippen LogP contribution is -2.22. The molecule has 0 fully saturated rings. The normalized spacial score (nSPS) is 11.4. The van der Waals surface area contributed by atoms with Crippen molar-refractivity contribution in [2.24, 2.45) is 10.7 Å². The fraction of sp³-hybridized carbons (Fsp3) is 0.350. The summed E-state index contributed by atoms with van der Waals surface area (Å²) in [6, 6.07) is 11.9. The van der Waals surface area contributed by atoms with Crippen molar-refractivity contribution in [2.75, 3.05) is 26.6 Å². The highest BCUT2D eigenvalue weighted by Crippen LogP contribution is 2.38. The van der Waals surface area contributed by atoms with Crippen LogP contribution in [0.5, 0.6) is 17.2 Å². The molecular formula is C20H27N3O3. The molecule has 0 aliphatic heterocycles. The molecule has 26 heavy (non-hydrogen) atoms.